The van der Waals surface area contributed by atoms with E-state index in [0.29, 0.717) is 11.5 Å². The van der Waals surface area contributed by atoms with Crippen molar-refractivity contribution in [3.05, 3.63) is 35.5 Å². The summed E-state index contributed by atoms with van der Waals surface area (Å²) in [6, 6.07) is 2.05. The molecule has 0 amide bonds. The third kappa shape index (κ3) is 3.34. The SMILES string of the molecule is CCc1cc(N2CCN(c3ncc(C(C)=O)c(C)n3)CC2)ncn1. The summed E-state index contributed by atoms with van der Waals surface area (Å²) in [6.07, 6.45) is 4.17. The number of rotatable bonds is 4. The zero-order chi connectivity index (χ0) is 17.1. The molecule has 126 valence electrons. The molecule has 1 saturated heterocycles. The van der Waals surface area contributed by atoms with Crippen LogP contribution in [0, 0.1) is 6.92 Å². The number of aryl methyl sites for hydroxylation is 2. The van der Waals surface area contributed by atoms with Crippen LogP contribution in [0.25, 0.3) is 0 Å². The van der Waals surface area contributed by atoms with Gasteiger partial charge >= 0.3 is 0 Å². The highest BCUT2D eigenvalue weighted by Crippen LogP contribution is 2.18. The van der Waals surface area contributed by atoms with Crippen LogP contribution in [-0.4, -0.2) is 51.9 Å². The molecule has 0 bridgehead atoms. The molecule has 1 aliphatic heterocycles. The number of carbonyl (C=O) groups excluding carboxylic acids is 1. The van der Waals surface area contributed by atoms with Crippen molar-refractivity contribution in [2.75, 3.05) is 36.0 Å². The van der Waals surface area contributed by atoms with E-state index >= 15 is 0 Å². The van der Waals surface area contributed by atoms with Gasteiger partial charge in [0.05, 0.1) is 11.3 Å². The van der Waals surface area contributed by atoms with Crippen LogP contribution in [-0.2, 0) is 6.42 Å². The van der Waals surface area contributed by atoms with E-state index < -0.39 is 0 Å². The highest BCUT2D eigenvalue weighted by atomic mass is 16.1. The third-order valence-electron chi connectivity index (χ3n) is 4.30. The van der Waals surface area contributed by atoms with E-state index in [2.05, 4.69) is 42.7 Å². The molecule has 7 heteroatoms. The van der Waals surface area contributed by atoms with Gasteiger partial charge in [-0.1, -0.05) is 6.92 Å². The van der Waals surface area contributed by atoms with Gasteiger partial charge in [0.25, 0.3) is 0 Å². The van der Waals surface area contributed by atoms with Gasteiger partial charge in [-0.3, -0.25) is 4.79 Å². The van der Waals surface area contributed by atoms with Crippen molar-refractivity contribution in [1.82, 2.24) is 19.9 Å². The molecule has 24 heavy (non-hydrogen) atoms. The number of piperazine rings is 1. The number of hydrogen-bond acceptors (Lipinski definition) is 7. The van der Waals surface area contributed by atoms with Crippen molar-refractivity contribution in [3.63, 3.8) is 0 Å². The summed E-state index contributed by atoms with van der Waals surface area (Å²) in [6.45, 7) is 8.85. The minimum absolute atomic E-state index is 0.000593. The molecule has 0 aliphatic carbocycles. The van der Waals surface area contributed by atoms with Gasteiger partial charge in [-0.2, -0.15) is 0 Å². The topological polar surface area (TPSA) is 75.1 Å². The van der Waals surface area contributed by atoms with Crippen molar-refractivity contribution < 1.29 is 4.79 Å². The predicted molar refractivity (Wildman–Crippen MR) is 92.6 cm³/mol. The highest BCUT2D eigenvalue weighted by Gasteiger charge is 2.21. The maximum atomic E-state index is 11.5. The van der Waals surface area contributed by atoms with Crippen LogP contribution in [0.5, 0.6) is 0 Å². The van der Waals surface area contributed by atoms with Gasteiger partial charge in [-0.05, 0) is 20.3 Å². The predicted octanol–water partition coefficient (Wildman–Crippen LogP) is 1.67. The third-order valence-corrected chi connectivity index (χ3v) is 4.30. The van der Waals surface area contributed by atoms with Crippen LogP contribution in [0.1, 0.15) is 35.6 Å². The summed E-state index contributed by atoms with van der Waals surface area (Å²) in [5, 5.41) is 0. The average Bonchev–Trinajstić information content (AvgIpc) is 2.61. The van der Waals surface area contributed by atoms with Crippen molar-refractivity contribution in [2.24, 2.45) is 0 Å². The molecular weight excluding hydrogens is 304 g/mol. The van der Waals surface area contributed by atoms with Crippen molar-refractivity contribution in [1.29, 1.82) is 0 Å². The fourth-order valence-electron chi connectivity index (χ4n) is 2.84. The van der Waals surface area contributed by atoms with Crippen LogP contribution < -0.4 is 9.80 Å². The van der Waals surface area contributed by atoms with E-state index in [9.17, 15) is 4.79 Å². The Kier molecular flexibility index (Phi) is 4.69. The first-order valence-corrected chi connectivity index (χ1v) is 8.24. The number of hydrogen-bond donors (Lipinski definition) is 0. The standard InChI is InChI=1S/C17H22N6O/c1-4-14-9-16(20-11-19-14)22-5-7-23(8-6-22)17-18-10-15(13(3)24)12(2)21-17/h9-11H,4-8H2,1-3H3. The normalized spacial score (nSPS) is 14.8. The van der Waals surface area contributed by atoms with Gasteiger partial charge in [0.15, 0.2) is 5.78 Å². The zero-order valence-electron chi connectivity index (χ0n) is 14.4. The van der Waals surface area contributed by atoms with Gasteiger partial charge < -0.3 is 9.80 Å². The Labute approximate surface area is 141 Å². The molecule has 0 aromatic carbocycles. The quantitative estimate of drug-likeness (QED) is 0.791. The Morgan fingerprint density at radius 1 is 1.12 bits per heavy atom. The summed E-state index contributed by atoms with van der Waals surface area (Å²) in [5.74, 6) is 1.67. The minimum atomic E-state index is -0.000593. The number of Topliss-reactive ketones (excluding diaryl/α,β-unsaturated/α-hetero) is 1. The maximum absolute atomic E-state index is 11.5. The lowest BCUT2D eigenvalue weighted by atomic mass is 10.2. The zero-order valence-corrected chi connectivity index (χ0v) is 14.4. The lowest BCUT2D eigenvalue weighted by Crippen LogP contribution is -2.47. The Morgan fingerprint density at radius 2 is 1.83 bits per heavy atom. The molecular formula is C17H22N6O. The fourth-order valence-corrected chi connectivity index (χ4v) is 2.84. The van der Waals surface area contributed by atoms with E-state index in [1.807, 2.05) is 6.92 Å². The molecule has 3 heterocycles. The first-order chi connectivity index (χ1) is 11.6. The minimum Gasteiger partial charge on any atom is -0.353 e. The van der Waals surface area contributed by atoms with Crippen LogP contribution in [0.4, 0.5) is 11.8 Å². The maximum Gasteiger partial charge on any atom is 0.225 e. The summed E-state index contributed by atoms with van der Waals surface area (Å²) in [7, 11) is 0. The molecule has 3 rings (SSSR count). The monoisotopic (exact) mass is 326 g/mol. The van der Waals surface area contributed by atoms with Crippen LogP contribution in [0.2, 0.25) is 0 Å². The fraction of sp³-hybridized carbons (Fsp3) is 0.471. The highest BCUT2D eigenvalue weighted by molar-refractivity contribution is 5.94. The number of ketones is 1. The molecule has 2 aromatic rings. The van der Waals surface area contributed by atoms with Gasteiger partial charge in [0.2, 0.25) is 5.95 Å². The van der Waals surface area contributed by atoms with E-state index in [4.69, 9.17) is 0 Å². The molecule has 1 fully saturated rings. The van der Waals surface area contributed by atoms with Gasteiger partial charge in [-0.15, -0.1) is 0 Å². The summed E-state index contributed by atoms with van der Waals surface area (Å²) in [4.78, 5) is 33.4. The average molecular weight is 326 g/mol. The Balaban J connectivity index is 1.68. The first kappa shape index (κ1) is 16.3. The number of carbonyl (C=O) groups is 1. The van der Waals surface area contributed by atoms with Gasteiger partial charge in [0, 0.05) is 44.1 Å². The van der Waals surface area contributed by atoms with Gasteiger partial charge in [0.1, 0.15) is 12.1 Å². The van der Waals surface area contributed by atoms with Crippen molar-refractivity contribution in [3.8, 4) is 0 Å². The molecule has 2 aromatic heterocycles. The molecule has 0 radical (unpaired) electrons. The molecule has 7 nitrogen and oxygen atoms in total. The Bertz CT molecular complexity index is 740. The van der Waals surface area contributed by atoms with E-state index in [0.717, 1.165) is 49.8 Å². The molecule has 0 spiro atoms. The summed E-state index contributed by atoms with van der Waals surface area (Å²) < 4.78 is 0. The molecule has 0 saturated carbocycles. The van der Waals surface area contributed by atoms with E-state index in [-0.39, 0.29) is 5.78 Å². The van der Waals surface area contributed by atoms with Gasteiger partial charge in [-0.25, -0.2) is 19.9 Å². The summed E-state index contributed by atoms with van der Waals surface area (Å²) in [5.41, 5.74) is 2.38. The summed E-state index contributed by atoms with van der Waals surface area (Å²) >= 11 is 0. The van der Waals surface area contributed by atoms with Crippen LogP contribution >= 0.6 is 0 Å². The lowest BCUT2D eigenvalue weighted by molar-refractivity contribution is 0.101. The Hall–Kier alpha value is -2.57. The second-order valence-corrected chi connectivity index (χ2v) is 5.92. The number of anilines is 2. The molecule has 1 aliphatic rings. The second kappa shape index (κ2) is 6.90. The smallest absolute Gasteiger partial charge is 0.225 e. The Morgan fingerprint density at radius 3 is 2.46 bits per heavy atom. The second-order valence-electron chi connectivity index (χ2n) is 5.92. The number of aromatic nitrogens is 4. The van der Waals surface area contributed by atoms with Crippen molar-refractivity contribution in [2.45, 2.75) is 27.2 Å². The largest absolute Gasteiger partial charge is 0.353 e. The lowest BCUT2D eigenvalue weighted by Gasteiger charge is -2.35. The van der Waals surface area contributed by atoms with Crippen molar-refractivity contribution >= 4 is 17.5 Å². The number of nitrogens with zero attached hydrogens (tertiary/aromatic N) is 6. The van der Waals surface area contributed by atoms with Crippen LogP contribution in [0.15, 0.2) is 18.6 Å². The molecule has 0 atom stereocenters. The van der Waals surface area contributed by atoms with E-state index in [1.54, 1.807) is 12.5 Å². The van der Waals surface area contributed by atoms with Crippen LogP contribution in [0.3, 0.4) is 0 Å². The van der Waals surface area contributed by atoms with E-state index in [1.165, 1.54) is 6.92 Å². The first-order valence-electron chi connectivity index (χ1n) is 8.24. The molecule has 0 unspecified atom stereocenters. The molecule has 0 N–H and O–H groups in total.